The fourth-order valence-electron chi connectivity index (χ4n) is 3.65. The third kappa shape index (κ3) is 5.46. The average Bonchev–Trinajstić information content (AvgIpc) is 3.48. The summed E-state index contributed by atoms with van der Waals surface area (Å²) in [6, 6.07) is 12.9. The van der Waals surface area contributed by atoms with Crippen LogP contribution in [0.15, 0.2) is 71.1 Å². The standard InChI is InChI=1S/C25H19F3N2O4S2/c1-15(20-14-29-21-5-3-2-4-19(20)21)23(24(31)32)30-36(33,34)22-13-12-18(35-22)11-8-16-6-9-17(10-7-16)25(26,27)28/h2-7,9-10,12-15,23,29-30H,1H3,(H,31,32). The van der Waals surface area contributed by atoms with Crippen LogP contribution in [0.25, 0.3) is 10.9 Å². The van der Waals surface area contributed by atoms with Crippen LogP contribution >= 0.6 is 11.3 Å². The number of alkyl halides is 3. The van der Waals surface area contributed by atoms with E-state index in [9.17, 15) is 31.5 Å². The van der Waals surface area contributed by atoms with Gasteiger partial charge in [-0.3, -0.25) is 4.79 Å². The Balaban J connectivity index is 1.53. The van der Waals surface area contributed by atoms with Gasteiger partial charge in [0.15, 0.2) is 0 Å². The SMILES string of the molecule is CC(c1c[nH]c2ccccc12)C(NS(=O)(=O)c1ccc(C#Cc2ccc(C(F)(F)F)cc2)s1)C(=O)O. The summed E-state index contributed by atoms with van der Waals surface area (Å²) >= 11 is 0.829. The lowest BCUT2D eigenvalue weighted by atomic mass is 9.93. The van der Waals surface area contributed by atoms with Gasteiger partial charge < -0.3 is 10.1 Å². The molecule has 0 saturated carbocycles. The van der Waals surface area contributed by atoms with E-state index in [0.717, 1.165) is 34.4 Å². The van der Waals surface area contributed by atoms with Gasteiger partial charge in [-0.25, -0.2) is 8.42 Å². The first-order valence-electron chi connectivity index (χ1n) is 10.6. The van der Waals surface area contributed by atoms with Crippen LogP contribution in [0.4, 0.5) is 13.2 Å². The van der Waals surface area contributed by atoms with E-state index in [0.29, 0.717) is 16.0 Å². The summed E-state index contributed by atoms with van der Waals surface area (Å²) in [6.45, 7) is 1.63. The molecule has 4 aromatic rings. The van der Waals surface area contributed by atoms with Crippen molar-refractivity contribution in [1.29, 1.82) is 0 Å². The van der Waals surface area contributed by atoms with Crippen molar-refractivity contribution >= 4 is 38.2 Å². The fraction of sp³-hybridized carbons (Fsp3) is 0.160. The molecule has 11 heteroatoms. The number of hydrogen-bond acceptors (Lipinski definition) is 4. The number of aromatic nitrogens is 1. The molecule has 2 heterocycles. The lowest BCUT2D eigenvalue weighted by Gasteiger charge is -2.21. The van der Waals surface area contributed by atoms with Crippen LogP contribution in [0.2, 0.25) is 0 Å². The van der Waals surface area contributed by atoms with Crippen molar-refractivity contribution < 1.29 is 31.5 Å². The van der Waals surface area contributed by atoms with Gasteiger partial charge in [-0.1, -0.05) is 37.0 Å². The second-order valence-corrected chi connectivity index (χ2v) is 11.0. The molecule has 0 amide bonds. The Bertz CT molecular complexity index is 1580. The molecule has 0 aliphatic rings. The Labute approximate surface area is 208 Å². The predicted octanol–water partition coefficient (Wildman–Crippen LogP) is 5.18. The zero-order chi connectivity index (χ0) is 26.1. The van der Waals surface area contributed by atoms with Crippen LogP contribution in [0.5, 0.6) is 0 Å². The average molecular weight is 533 g/mol. The summed E-state index contributed by atoms with van der Waals surface area (Å²) in [5.41, 5.74) is 1.01. The molecule has 0 aliphatic heterocycles. The van der Waals surface area contributed by atoms with Gasteiger partial charge >= 0.3 is 12.1 Å². The molecule has 0 saturated heterocycles. The van der Waals surface area contributed by atoms with Gasteiger partial charge in [-0.05, 0) is 48.0 Å². The van der Waals surface area contributed by atoms with Crippen LogP contribution < -0.4 is 4.72 Å². The van der Waals surface area contributed by atoms with E-state index in [2.05, 4.69) is 21.5 Å². The number of carbonyl (C=O) groups is 1. The van der Waals surface area contributed by atoms with Gasteiger partial charge in [0.1, 0.15) is 10.3 Å². The third-order valence-electron chi connectivity index (χ3n) is 5.55. The van der Waals surface area contributed by atoms with Crippen LogP contribution in [0.3, 0.4) is 0 Å². The first kappa shape index (κ1) is 25.5. The second kappa shape index (κ2) is 9.81. The predicted molar refractivity (Wildman–Crippen MR) is 130 cm³/mol. The van der Waals surface area contributed by atoms with Crippen molar-refractivity contribution in [3.05, 3.63) is 88.4 Å². The maximum absolute atomic E-state index is 13.0. The Morgan fingerprint density at radius 2 is 1.75 bits per heavy atom. The highest BCUT2D eigenvalue weighted by atomic mass is 32.2. The van der Waals surface area contributed by atoms with E-state index in [1.807, 2.05) is 24.3 Å². The largest absolute Gasteiger partial charge is 0.480 e. The second-order valence-electron chi connectivity index (χ2n) is 7.96. The van der Waals surface area contributed by atoms with Crippen molar-refractivity contribution in [2.24, 2.45) is 0 Å². The van der Waals surface area contributed by atoms with E-state index in [4.69, 9.17) is 0 Å². The molecule has 2 aromatic heterocycles. The quantitative estimate of drug-likeness (QED) is 0.298. The molecule has 0 bridgehead atoms. The Kier molecular flexibility index (Phi) is 6.95. The van der Waals surface area contributed by atoms with E-state index in [1.165, 1.54) is 24.3 Å². The highest BCUT2D eigenvalue weighted by molar-refractivity contribution is 7.91. The van der Waals surface area contributed by atoms with Crippen LogP contribution in [0.1, 0.15) is 34.4 Å². The maximum atomic E-state index is 13.0. The molecule has 0 radical (unpaired) electrons. The van der Waals surface area contributed by atoms with Crippen LogP contribution in [-0.4, -0.2) is 30.5 Å². The van der Waals surface area contributed by atoms with Crippen molar-refractivity contribution in [2.75, 3.05) is 0 Å². The first-order valence-corrected chi connectivity index (χ1v) is 12.9. The Hall–Kier alpha value is -3.59. The molecule has 36 heavy (non-hydrogen) atoms. The smallest absolute Gasteiger partial charge is 0.416 e. The molecular formula is C25H19F3N2O4S2. The maximum Gasteiger partial charge on any atom is 0.416 e. The molecule has 4 rings (SSSR count). The number of sulfonamides is 1. The van der Waals surface area contributed by atoms with Gasteiger partial charge in [0, 0.05) is 28.6 Å². The molecule has 2 aromatic carbocycles. The summed E-state index contributed by atoms with van der Waals surface area (Å²) in [5.74, 6) is 3.41. The minimum Gasteiger partial charge on any atom is -0.480 e. The highest BCUT2D eigenvalue weighted by Crippen LogP contribution is 2.30. The molecule has 2 unspecified atom stereocenters. The van der Waals surface area contributed by atoms with E-state index in [-0.39, 0.29) is 4.21 Å². The summed E-state index contributed by atoms with van der Waals surface area (Å²) in [6.07, 6.45) is -2.78. The van der Waals surface area contributed by atoms with E-state index >= 15 is 0 Å². The van der Waals surface area contributed by atoms with Crippen LogP contribution in [-0.2, 0) is 21.0 Å². The minimum absolute atomic E-state index is 0.128. The molecular weight excluding hydrogens is 513 g/mol. The highest BCUT2D eigenvalue weighted by Gasteiger charge is 2.33. The summed E-state index contributed by atoms with van der Waals surface area (Å²) in [5, 5.41) is 10.6. The lowest BCUT2D eigenvalue weighted by Crippen LogP contribution is -2.43. The molecule has 2 atom stereocenters. The van der Waals surface area contributed by atoms with Crippen molar-refractivity contribution in [2.45, 2.75) is 29.3 Å². The number of para-hydroxylation sites is 1. The number of H-pyrrole nitrogens is 1. The Morgan fingerprint density at radius 3 is 2.42 bits per heavy atom. The third-order valence-corrected chi connectivity index (χ3v) is 8.48. The number of aromatic amines is 1. The number of carboxylic acid groups (broad SMARTS) is 1. The van der Waals surface area contributed by atoms with E-state index < -0.39 is 39.7 Å². The number of rotatable bonds is 6. The van der Waals surface area contributed by atoms with Gasteiger partial charge in [-0.2, -0.15) is 17.9 Å². The number of hydrogen-bond donors (Lipinski definition) is 3. The number of nitrogens with one attached hydrogen (secondary N) is 2. The molecule has 6 nitrogen and oxygen atoms in total. The lowest BCUT2D eigenvalue weighted by molar-refractivity contribution is -0.139. The molecule has 0 fully saturated rings. The monoisotopic (exact) mass is 532 g/mol. The number of aliphatic carboxylic acids is 1. The normalized spacial score (nSPS) is 13.7. The van der Waals surface area contributed by atoms with Gasteiger partial charge in [0.05, 0.1) is 10.4 Å². The van der Waals surface area contributed by atoms with Gasteiger partial charge in [0.25, 0.3) is 10.0 Å². The molecule has 0 aliphatic carbocycles. The number of carboxylic acids is 1. The minimum atomic E-state index is -4.45. The fourth-order valence-corrected chi connectivity index (χ4v) is 6.10. The number of benzene rings is 2. The molecule has 186 valence electrons. The van der Waals surface area contributed by atoms with Gasteiger partial charge in [-0.15, -0.1) is 11.3 Å². The topological polar surface area (TPSA) is 99.3 Å². The molecule has 3 N–H and O–H groups in total. The van der Waals surface area contributed by atoms with E-state index in [1.54, 1.807) is 13.1 Å². The molecule has 0 spiro atoms. The van der Waals surface area contributed by atoms with Crippen molar-refractivity contribution in [1.82, 2.24) is 9.71 Å². The first-order chi connectivity index (χ1) is 17.0. The number of thiophene rings is 1. The van der Waals surface area contributed by atoms with Crippen molar-refractivity contribution in [3.63, 3.8) is 0 Å². The number of fused-ring (bicyclic) bond motifs is 1. The zero-order valence-corrected chi connectivity index (χ0v) is 20.3. The summed E-state index contributed by atoms with van der Waals surface area (Å²) < 4.78 is 66.2. The van der Waals surface area contributed by atoms with Crippen molar-refractivity contribution in [3.8, 4) is 11.8 Å². The summed E-state index contributed by atoms with van der Waals surface area (Å²) in [7, 11) is -4.19. The van der Waals surface area contributed by atoms with Crippen LogP contribution in [0, 0.1) is 11.8 Å². The van der Waals surface area contributed by atoms with Gasteiger partial charge in [0.2, 0.25) is 0 Å². The zero-order valence-electron chi connectivity index (χ0n) is 18.6. The Morgan fingerprint density at radius 1 is 1.06 bits per heavy atom. The number of halogens is 3. The summed E-state index contributed by atoms with van der Waals surface area (Å²) in [4.78, 5) is 15.4.